The van der Waals surface area contributed by atoms with Crippen LogP contribution < -0.4 is 10.6 Å². The summed E-state index contributed by atoms with van der Waals surface area (Å²) in [6, 6.07) is 4.27. The van der Waals surface area contributed by atoms with Crippen molar-refractivity contribution in [1.29, 1.82) is 0 Å². The first-order chi connectivity index (χ1) is 12.2. The van der Waals surface area contributed by atoms with Gasteiger partial charge in [0.25, 0.3) is 0 Å². The molecule has 0 aliphatic rings. The Bertz CT molecular complexity index is 726. The number of esters is 1. The molecule has 0 fully saturated rings. The lowest BCUT2D eigenvalue weighted by atomic mass is 10.1. The number of benzene rings is 1. The normalized spacial score (nSPS) is 9.65. The number of hydrogen-bond acceptors (Lipinski definition) is 6. The lowest BCUT2D eigenvalue weighted by Crippen LogP contribution is -2.18. The van der Waals surface area contributed by atoms with Crippen molar-refractivity contribution in [2.45, 2.75) is 13.8 Å². The topological polar surface area (TPSA) is 103 Å². The third kappa shape index (κ3) is 7.08. The van der Waals surface area contributed by atoms with Gasteiger partial charge >= 0.3 is 18.2 Å². The Kier molecular flexibility index (Phi) is 7.88. The number of carbonyl (C=O) groups is 3. The highest BCUT2D eigenvalue weighted by atomic mass is 16.6. The molecular formula is C18H22N2O6. The number of ether oxygens (including phenoxy) is 3. The zero-order chi connectivity index (χ0) is 19.7. The smallest absolute Gasteiger partial charge is 0.411 e. The highest BCUT2D eigenvalue weighted by Gasteiger charge is 2.16. The highest BCUT2D eigenvalue weighted by molar-refractivity contribution is 6.01. The van der Waals surface area contributed by atoms with Gasteiger partial charge in [0.1, 0.15) is 13.2 Å². The minimum Gasteiger partial charge on any atom is -0.465 e. The summed E-state index contributed by atoms with van der Waals surface area (Å²) in [7, 11) is 1.20. The predicted molar refractivity (Wildman–Crippen MR) is 97.4 cm³/mol. The number of hydrogen-bond donors (Lipinski definition) is 2. The zero-order valence-electron chi connectivity index (χ0n) is 15.0. The van der Waals surface area contributed by atoms with Gasteiger partial charge in [0, 0.05) is 5.69 Å². The first kappa shape index (κ1) is 20.8. The molecular weight excluding hydrogens is 340 g/mol. The summed E-state index contributed by atoms with van der Waals surface area (Å²) in [6.45, 7) is 10.8. The van der Waals surface area contributed by atoms with Crippen molar-refractivity contribution < 1.29 is 28.6 Å². The highest BCUT2D eigenvalue weighted by Crippen LogP contribution is 2.22. The molecule has 0 atom stereocenters. The number of carbonyl (C=O) groups excluding carboxylic acids is 3. The average Bonchev–Trinajstić information content (AvgIpc) is 2.58. The van der Waals surface area contributed by atoms with Crippen LogP contribution in [-0.2, 0) is 14.2 Å². The van der Waals surface area contributed by atoms with Gasteiger partial charge in [-0.15, -0.1) is 0 Å². The molecule has 0 unspecified atom stereocenters. The van der Waals surface area contributed by atoms with E-state index in [0.717, 1.165) is 0 Å². The van der Waals surface area contributed by atoms with E-state index in [1.807, 2.05) is 0 Å². The van der Waals surface area contributed by atoms with Crippen LogP contribution in [0.15, 0.2) is 42.5 Å². The van der Waals surface area contributed by atoms with Crippen molar-refractivity contribution in [3.05, 3.63) is 48.1 Å². The van der Waals surface area contributed by atoms with Gasteiger partial charge in [0.15, 0.2) is 0 Å². The molecule has 0 saturated heterocycles. The van der Waals surface area contributed by atoms with Crippen LogP contribution in [0.25, 0.3) is 0 Å². The molecule has 0 aliphatic carbocycles. The molecule has 0 spiro atoms. The van der Waals surface area contributed by atoms with E-state index in [4.69, 9.17) is 14.2 Å². The molecule has 140 valence electrons. The Morgan fingerprint density at radius 3 is 2.00 bits per heavy atom. The summed E-state index contributed by atoms with van der Waals surface area (Å²) in [5.41, 5.74) is 1.85. The molecule has 1 aromatic carbocycles. The molecule has 8 heteroatoms. The minimum absolute atomic E-state index is 0.0393. The lowest BCUT2D eigenvalue weighted by molar-refractivity contribution is 0.0602. The molecule has 0 aromatic heterocycles. The largest absolute Gasteiger partial charge is 0.465 e. The predicted octanol–water partition coefficient (Wildman–Crippen LogP) is 3.72. The van der Waals surface area contributed by atoms with Crippen LogP contribution in [0.1, 0.15) is 24.2 Å². The fourth-order valence-corrected chi connectivity index (χ4v) is 1.69. The Hall–Kier alpha value is -3.29. The van der Waals surface area contributed by atoms with E-state index in [0.29, 0.717) is 11.1 Å². The molecule has 26 heavy (non-hydrogen) atoms. The Balaban J connectivity index is 2.90. The van der Waals surface area contributed by atoms with Gasteiger partial charge in [0.05, 0.1) is 18.4 Å². The van der Waals surface area contributed by atoms with Gasteiger partial charge in [-0.25, -0.2) is 14.4 Å². The Morgan fingerprint density at radius 1 is 0.962 bits per heavy atom. The second kappa shape index (κ2) is 9.87. The quantitative estimate of drug-likeness (QED) is 0.435. The Labute approximate surface area is 151 Å². The molecule has 1 rings (SSSR count). The van der Waals surface area contributed by atoms with E-state index in [2.05, 4.69) is 23.8 Å². The van der Waals surface area contributed by atoms with E-state index in [9.17, 15) is 14.4 Å². The summed E-state index contributed by atoms with van der Waals surface area (Å²) >= 11 is 0. The van der Waals surface area contributed by atoms with E-state index < -0.39 is 18.2 Å². The van der Waals surface area contributed by atoms with Gasteiger partial charge in [-0.05, 0) is 43.2 Å². The van der Waals surface area contributed by atoms with Gasteiger partial charge < -0.3 is 14.2 Å². The summed E-state index contributed by atoms with van der Waals surface area (Å²) < 4.78 is 14.5. The van der Waals surface area contributed by atoms with Gasteiger partial charge in [-0.1, -0.05) is 13.2 Å². The van der Waals surface area contributed by atoms with Crippen LogP contribution >= 0.6 is 0 Å². The third-order valence-corrected chi connectivity index (χ3v) is 2.81. The molecule has 1 aromatic rings. The van der Waals surface area contributed by atoms with Crippen molar-refractivity contribution in [2.75, 3.05) is 31.0 Å². The molecule has 0 radical (unpaired) electrons. The fraction of sp³-hybridized carbons (Fsp3) is 0.278. The molecule has 0 heterocycles. The summed E-state index contributed by atoms with van der Waals surface area (Å²) in [6.07, 6.45) is -1.45. The second-order valence-electron chi connectivity index (χ2n) is 5.57. The standard InChI is InChI=1S/C18H22N2O6/c1-11(2)9-25-17(22)19-13-6-7-15(14(8-13)16(21)24-5)20-18(23)26-10-12(3)4/h6-8H,1,3,9-10H2,2,4-5H3,(H,19,22)(H,20,23). The van der Waals surface area contributed by atoms with E-state index in [-0.39, 0.29) is 30.2 Å². The van der Waals surface area contributed by atoms with Crippen LogP contribution in [0.4, 0.5) is 21.0 Å². The van der Waals surface area contributed by atoms with Crippen molar-refractivity contribution in [2.24, 2.45) is 0 Å². The summed E-state index contributed by atoms with van der Waals surface area (Å²) in [4.78, 5) is 35.4. The summed E-state index contributed by atoms with van der Waals surface area (Å²) in [5.74, 6) is -0.695. The Morgan fingerprint density at radius 2 is 1.50 bits per heavy atom. The maximum atomic E-state index is 12.0. The van der Waals surface area contributed by atoms with Crippen LogP contribution in [0, 0.1) is 0 Å². The molecule has 2 N–H and O–H groups in total. The molecule has 0 saturated carbocycles. The van der Waals surface area contributed by atoms with Crippen LogP contribution in [0.3, 0.4) is 0 Å². The number of anilines is 2. The molecule has 0 bridgehead atoms. The number of methoxy groups -OCH3 is 1. The van der Waals surface area contributed by atoms with E-state index in [1.165, 1.54) is 25.3 Å². The minimum atomic E-state index is -0.750. The van der Waals surface area contributed by atoms with E-state index >= 15 is 0 Å². The maximum absolute atomic E-state index is 12.0. The number of amides is 2. The van der Waals surface area contributed by atoms with Gasteiger partial charge in [-0.3, -0.25) is 10.6 Å². The lowest BCUT2D eigenvalue weighted by Gasteiger charge is -2.13. The average molecular weight is 362 g/mol. The van der Waals surface area contributed by atoms with Gasteiger partial charge in [-0.2, -0.15) is 0 Å². The molecule has 0 aliphatic heterocycles. The number of rotatable bonds is 7. The van der Waals surface area contributed by atoms with Crippen molar-refractivity contribution in [3.8, 4) is 0 Å². The first-order valence-electron chi connectivity index (χ1n) is 7.61. The zero-order valence-corrected chi connectivity index (χ0v) is 15.0. The monoisotopic (exact) mass is 362 g/mol. The van der Waals surface area contributed by atoms with Gasteiger partial charge in [0.2, 0.25) is 0 Å². The first-order valence-corrected chi connectivity index (χ1v) is 7.61. The SMILES string of the molecule is C=C(C)COC(=O)Nc1ccc(NC(=O)OCC(=C)C)c(C(=O)OC)c1. The molecule has 8 nitrogen and oxygen atoms in total. The van der Waals surface area contributed by atoms with Crippen molar-refractivity contribution >= 4 is 29.5 Å². The van der Waals surface area contributed by atoms with Crippen LogP contribution in [-0.4, -0.2) is 38.5 Å². The fourth-order valence-electron chi connectivity index (χ4n) is 1.69. The van der Waals surface area contributed by atoms with E-state index in [1.54, 1.807) is 13.8 Å². The maximum Gasteiger partial charge on any atom is 0.411 e. The molecule has 2 amide bonds. The van der Waals surface area contributed by atoms with Crippen LogP contribution in [0.5, 0.6) is 0 Å². The third-order valence-electron chi connectivity index (χ3n) is 2.81. The van der Waals surface area contributed by atoms with Crippen LogP contribution in [0.2, 0.25) is 0 Å². The second-order valence-corrected chi connectivity index (χ2v) is 5.57. The number of nitrogens with one attached hydrogen (secondary N) is 2. The van der Waals surface area contributed by atoms with Crippen molar-refractivity contribution in [1.82, 2.24) is 0 Å². The summed E-state index contributed by atoms with van der Waals surface area (Å²) in [5, 5.41) is 4.91. The van der Waals surface area contributed by atoms with Crippen molar-refractivity contribution in [3.63, 3.8) is 0 Å².